The van der Waals surface area contributed by atoms with E-state index in [4.69, 9.17) is 4.74 Å². The molecule has 0 aromatic heterocycles. The Kier molecular flexibility index (Phi) is 6.03. The Morgan fingerprint density at radius 2 is 2.19 bits per heavy atom. The molecule has 0 fully saturated rings. The number of nitrogens with one attached hydrogen (secondary N) is 1. The highest BCUT2D eigenvalue weighted by molar-refractivity contribution is 9.10. The molecule has 90 valence electrons. The lowest BCUT2D eigenvalue weighted by molar-refractivity contribution is 0.114. The van der Waals surface area contributed by atoms with Gasteiger partial charge in [0.1, 0.15) is 0 Å². The first-order valence-corrected chi connectivity index (χ1v) is 6.49. The van der Waals surface area contributed by atoms with Crippen LogP contribution in [0.1, 0.15) is 30.5 Å². The topological polar surface area (TPSA) is 21.3 Å². The molecule has 0 radical (unpaired) electrons. The van der Waals surface area contributed by atoms with Gasteiger partial charge in [0.05, 0.1) is 12.6 Å². The van der Waals surface area contributed by atoms with E-state index in [2.05, 4.69) is 53.3 Å². The van der Waals surface area contributed by atoms with Gasteiger partial charge in [0.15, 0.2) is 0 Å². The maximum atomic E-state index is 5.58. The summed E-state index contributed by atoms with van der Waals surface area (Å²) in [5.41, 5.74) is 2.52. The van der Waals surface area contributed by atoms with Crippen molar-refractivity contribution in [2.75, 3.05) is 20.3 Å². The maximum absolute atomic E-state index is 5.58. The minimum Gasteiger partial charge on any atom is -0.379 e. The van der Waals surface area contributed by atoms with Crippen LogP contribution in [0.3, 0.4) is 0 Å². The Balaban J connectivity index is 2.67. The van der Waals surface area contributed by atoms with Crippen LogP contribution in [0.15, 0.2) is 22.7 Å². The van der Waals surface area contributed by atoms with Crippen molar-refractivity contribution in [3.05, 3.63) is 33.8 Å². The van der Waals surface area contributed by atoms with Crippen molar-refractivity contribution in [2.24, 2.45) is 0 Å². The zero-order valence-corrected chi connectivity index (χ0v) is 11.8. The first kappa shape index (κ1) is 13.7. The molecule has 1 N–H and O–H groups in total. The standard InChI is InChI=1S/C13H20BrNO/c1-4-7-16-9-13(15-3)11-6-5-10(2)12(14)8-11/h5-6,8,13,15H,4,7,9H2,1-3H3. The third-order valence-electron chi connectivity index (χ3n) is 2.58. The Labute approximate surface area is 107 Å². The zero-order valence-electron chi connectivity index (χ0n) is 10.2. The second-order valence-corrected chi connectivity index (χ2v) is 4.78. The minimum absolute atomic E-state index is 0.267. The molecule has 0 saturated carbocycles. The molecule has 1 atom stereocenters. The molecule has 1 rings (SSSR count). The van der Waals surface area contributed by atoms with Gasteiger partial charge in [-0.05, 0) is 37.6 Å². The average molecular weight is 286 g/mol. The van der Waals surface area contributed by atoms with Crippen LogP contribution in [0.5, 0.6) is 0 Å². The molecule has 0 saturated heterocycles. The van der Waals surface area contributed by atoms with Crippen LogP contribution in [-0.2, 0) is 4.74 Å². The third kappa shape index (κ3) is 3.89. The van der Waals surface area contributed by atoms with Crippen molar-refractivity contribution < 1.29 is 4.74 Å². The molecule has 0 heterocycles. The number of likely N-dealkylation sites (N-methyl/N-ethyl adjacent to an activating group) is 1. The summed E-state index contributed by atoms with van der Waals surface area (Å²) in [5.74, 6) is 0. The maximum Gasteiger partial charge on any atom is 0.0661 e. The fourth-order valence-corrected chi connectivity index (χ4v) is 1.91. The van der Waals surface area contributed by atoms with E-state index in [1.54, 1.807) is 0 Å². The summed E-state index contributed by atoms with van der Waals surface area (Å²) in [6, 6.07) is 6.70. The summed E-state index contributed by atoms with van der Waals surface area (Å²) in [6.07, 6.45) is 1.06. The van der Waals surface area contributed by atoms with Gasteiger partial charge in [0, 0.05) is 11.1 Å². The number of benzene rings is 1. The van der Waals surface area contributed by atoms with E-state index >= 15 is 0 Å². The molecule has 0 aliphatic rings. The van der Waals surface area contributed by atoms with Crippen LogP contribution < -0.4 is 5.32 Å². The lowest BCUT2D eigenvalue weighted by Gasteiger charge is -2.17. The number of aryl methyl sites for hydroxylation is 1. The van der Waals surface area contributed by atoms with E-state index in [1.807, 2.05) is 7.05 Å². The Morgan fingerprint density at radius 1 is 1.44 bits per heavy atom. The first-order valence-electron chi connectivity index (χ1n) is 5.70. The quantitative estimate of drug-likeness (QED) is 0.809. The molecular weight excluding hydrogens is 266 g/mol. The van der Waals surface area contributed by atoms with Crippen molar-refractivity contribution in [3.8, 4) is 0 Å². The van der Waals surface area contributed by atoms with Gasteiger partial charge in [-0.2, -0.15) is 0 Å². The number of hydrogen-bond acceptors (Lipinski definition) is 2. The molecule has 0 spiro atoms. The van der Waals surface area contributed by atoms with E-state index in [0.717, 1.165) is 24.1 Å². The van der Waals surface area contributed by atoms with Gasteiger partial charge in [-0.3, -0.25) is 0 Å². The van der Waals surface area contributed by atoms with Crippen LogP contribution >= 0.6 is 15.9 Å². The SMILES string of the molecule is CCCOCC(NC)c1ccc(C)c(Br)c1. The van der Waals surface area contributed by atoms with E-state index in [-0.39, 0.29) is 6.04 Å². The molecule has 2 nitrogen and oxygen atoms in total. The van der Waals surface area contributed by atoms with Crippen molar-refractivity contribution in [1.29, 1.82) is 0 Å². The predicted octanol–water partition coefficient (Wildman–Crippen LogP) is 3.44. The summed E-state index contributed by atoms with van der Waals surface area (Å²) in [4.78, 5) is 0. The summed E-state index contributed by atoms with van der Waals surface area (Å²) in [5, 5.41) is 3.28. The summed E-state index contributed by atoms with van der Waals surface area (Å²) >= 11 is 3.56. The molecule has 0 aliphatic carbocycles. The van der Waals surface area contributed by atoms with Crippen LogP contribution in [0.2, 0.25) is 0 Å². The number of rotatable bonds is 6. The van der Waals surface area contributed by atoms with Crippen LogP contribution in [0.25, 0.3) is 0 Å². The lowest BCUT2D eigenvalue weighted by Crippen LogP contribution is -2.22. The van der Waals surface area contributed by atoms with Gasteiger partial charge in [0.2, 0.25) is 0 Å². The van der Waals surface area contributed by atoms with E-state index < -0.39 is 0 Å². The number of halogens is 1. The van der Waals surface area contributed by atoms with Crippen molar-refractivity contribution >= 4 is 15.9 Å². The second kappa shape index (κ2) is 7.05. The van der Waals surface area contributed by atoms with Crippen molar-refractivity contribution in [3.63, 3.8) is 0 Å². The lowest BCUT2D eigenvalue weighted by atomic mass is 10.1. The second-order valence-electron chi connectivity index (χ2n) is 3.92. The van der Waals surface area contributed by atoms with Gasteiger partial charge in [-0.25, -0.2) is 0 Å². The molecule has 0 amide bonds. The van der Waals surface area contributed by atoms with Gasteiger partial charge in [0.25, 0.3) is 0 Å². The summed E-state index contributed by atoms with van der Waals surface area (Å²) < 4.78 is 6.74. The van der Waals surface area contributed by atoms with Crippen LogP contribution in [-0.4, -0.2) is 20.3 Å². The van der Waals surface area contributed by atoms with Crippen LogP contribution in [0.4, 0.5) is 0 Å². The van der Waals surface area contributed by atoms with Gasteiger partial charge >= 0.3 is 0 Å². The normalized spacial score (nSPS) is 12.8. The summed E-state index contributed by atoms with van der Waals surface area (Å²) in [7, 11) is 1.97. The molecule has 0 bridgehead atoms. The molecule has 1 unspecified atom stereocenters. The van der Waals surface area contributed by atoms with Gasteiger partial charge in [-0.15, -0.1) is 0 Å². The third-order valence-corrected chi connectivity index (χ3v) is 3.43. The highest BCUT2D eigenvalue weighted by Crippen LogP contribution is 2.22. The van der Waals surface area contributed by atoms with Gasteiger partial charge < -0.3 is 10.1 Å². The summed E-state index contributed by atoms with van der Waals surface area (Å²) in [6.45, 7) is 5.76. The Hall–Kier alpha value is -0.380. The smallest absolute Gasteiger partial charge is 0.0661 e. The zero-order chi connectivity index (χ0) is 12.0. The average Bonchev–Trinajstić information content (AvgIpc) is 2.29. The molecule has 1 aromatic carbocycles. The highest BCUT2D eigenvalue weighted by atomic mass is 79.9. The van der Waals surface area contributed by atoms with E-state index in [1.165, 1.54) is 11.1 Å². The van der Waals surface area contributed by atoms with Crippen molar-refractivity contribution in [1.82, 2.24) is 5.32 Å². The molecular formula is C13H20BrNO. The van der Waals surface area contributed by atoms with E-state index in [9.17, 15) is 0 Å². The largest absolute Gasteiger partial charge is 0.379 e. The van der Waals surface area contributed by atoms with E-state index in [0.29, 0.717) is 0 Å². The van der Waals surface area contributed by atoms with Crippen LogP contribution in [0, 0.1) is 6.92 Å². The molecule has 3 heteroatoms. The number of ether oxygens (including phenoxy) is 1. The fourth-order valence-electron chi connectivity index (χ4n) is 1.52. The van der Waals surface area contributed by atoms with Crippen molar-refractivity contribution in [2.45, 2.75) is 26.3 Å². The Morgan fingerprint density at radius 3 is 2.75 bits per heavy atom. The predicted molar refractivity (Wildman–Crippen MR) is 71.8 cm³/mol. The fraction of sp³-hybridized carbons (Fsp3) is 0.538. The van der Waals surface area contributed by atoms with Gasteiger partial charge in [-0.1, -0.05) is 35.0 Å². The Bertz CT molecular complexity index is 328. The monoisotopic (exact) mass is 285 g/mol. The highest BCUT2D eigenvalue weighted by Gasteiger charge is 2.10. The molecule has 0 aliphatic heterocycles. The molecule has 16 heavy (non-hydrogen) atoms. The molecule has 1 aromatic rings. The number of hydrogen-bond donors (Lipinski definition) is 1. The first-order chi connectivity index (χ1) is 7.69. The minimum atomic E-state index is 0.267.